The Bertz CT molecular complexity index is 4270. The number of aryl methyl sites for hydroxylation is 13. The first-order valence-corrected chi connectivity index (χ1v) is 33.1. The average molecular weight is 1230 g/mol. The molecule has 0 radical (unpaired) electrons. The highest BCUT2D eigenvalue weighted by Crippen LogP contribution is 2.30. The van der Waals surface area contributed by atoms with Crippen LogP contribution in [-0.2, 0) is 60.8 Å². The van der Waals surface area contributed by atoms with E-state index in [-0.39, 0.29) is 0 Å². The lowest BCUT2D eigenvalue weighted by atomic mass is 9.88. The van der Waals surface area contributed by atoms with Gasteiger partial charge in [-0.15, -0.1) is 0 Å². The number of rotatable bonds is 10. The lowest BCUT2D eigenvalue weighted by Crippen LogP contribution is -2.32. The van der Waals surface area contributed by atoms with Crippen LogP contribution in [0.15, 0.2) is 201 Å². The molecule has 0 atom stereocenters. The lowest BCUT2D eigenvalue weighted by Gasteiger charge is -2.18. The van der Waals surface area contributed by atoms with Crippen LogP contribution in [-0.4, -0.2) is 0 Å². The van der Waals surface area contributed by atoms with Crippen molar-refractivity contribution in [3.05, 3.63) is 268 Å². The molecule has 482 valence electrons. The van der Waals surface area contributed by atoms with Crippen molar-refractivity contribution < 1.29 is 28.3 Å². The summed E-state index contributed by atoms with van der Waals surface area (Å²) in [6, 6.07) is 59.1. The Kier molecular flexibility index (Phi) is 23.5. The highest BCUT2D eigenvalue weighted by Gasteiger charge is 2.22. The van der Waals surface area contributed by atoms with Gasteiger partial charge in [0.05, 0.1) is 0 Å². The quantitative estimate of drug-likeness (QED) is 0.122. The van der Waals surface area contributed by atoms with Gasteiger partial charge in [-0.1, -0.05) is 174 Å². The number of aromatic nitrogens is 5. The molecule has 0 N–H and O–H groups in total. The summed E-state index contributed by atoms with van der Waals surface area (Å²) in [5.41, 5.74) is 26.6. The van der Waals surface area contributed by atoms with Gasteiger partial charge in [-0.25, -0.2) is 22.8 Å². The summed E-state index contributed by atoms with van der Waals surface area (Å²) in [6.07, 6.45) is 9.99. The SMILES string of the molecule is CCc1c[n+](C)c(-c2ccccc2C)cc1C.Cc1ccccc1-c1cc(C)c(C(C)C)c[n+]1C.Cc1ccccc1-c1cc(CC(C)(C)C)cc[n+]1C.[2H]C([2H])(c1cc[n+](C)c(-c2ccccc2C)c1)C(C)(C)C.[2H]C([2H])(c1ccc(-c2ccccc2C)[n+](C)c1)C(C)(C)C. The second-order valence-corrected chi connectivity index (χ2v) is 28.8. The van der Waals surface area contributed by atoms with Crippen molar-refractivity contribution in [1.82, 2.24) is 0 Å². The highest BCUT2D eigenvalue weighted by atomic mass is 14.9. The van der Waals surface area contributed by atoms with Gasteiger partial charge >= 0.3 is 0 Å². The van der Waals surface area contributed by atoms with Crippen molar-refractivity contribution in [3.8, 4) is 56.3 Å². The first-order valence-electron chi connectivity index (χ1n) is 35.1. The number of pyridine rings is 5. The van der Waals surface area contributed by atoms with Crippen LogP contribution >= 0.6 is 0 Å². The minimum atomic E-state index is -1.38. The lowest BCUT2D eigenvalue weighted by molar-refractivity contribution is -0.661. The zero-order valence-corrected chi connectivity index (χ0v) is 60.8. The number of hydrogen-bond acceptors (Lipinski definition) is 0. The third-order valence-corrected chi connectivity index (χ3v) is 16.5. The van der Waals surface area contributed by atoms with Crippen LogP contribution < -0.4 is 22.8 Å². The van der Waals surface area contributed by atoms with E-state index in [0.29, 0.717) is 11.3 Å². The summed E-state index contributed by atoms with van der Waals surface area (Å²) in [4.78, 5) is 0. The first-order chi connectivity index (χ1) is 44.8. The Morgan fingerprint density at radius 1 is 0.337 bits per heavy atom. The van der Waals surface area contributed by atoms with Crippen LogP contribution in [0.3, 0.4) is 0 Å². The van der Waals surface area contributed by atoms with Crippen molar-refractivity contribution in [2.24, 2.45) is 51.5 Å². The predicted molar refractivity (Wildman–Crippen MR) is 391 cm³/mol. The molecule has 0 saturated carbocycles. The molecule has 0 aliphatic rings. The average Bonchev–Trinajstić information content (AvgIpc) is 0.799. The zero-order valence-electron chi connectivity index (χ0n) is 64.8. The van der Waals surface area contributed by atoms with Crippen LogP contribution in [0, 0.1) is 64.7 Å². The molecule has 10 aromatic rings. The summed E-state index contributed by atoms with van der Waals surface area (Å²) < 4.78 is 44.4. The Morgan fingerprint density at radius 3 is 1.04 bits per heavy atom. The van der Waals surface area contributed by atoms with E-state index >= 15 is 0 Å². The van der Waals surface area contributed by atoms with E-state index in [1.165, 1.54) is 95.0 Å². The highest BCUT2D eigenvalue weighted by molar-refractivity contribution is 5.65. The van der Waals surface area contributed by atoms with Gasteiger partial charge in [0.2, 0.25) is 28.5 Å². The van der Waals surface area contributed by atoms with E-state index in [2.05, 4.69) is 265 Å². The summed E-state index contributed by atoms with van der Waals surface area (Å²) >= 11 is 0. The van der Waals surface area contributed by atoms with Crippen LogP contribution in [0.5, 0.6) is 0 Å². The van der Waals surface area contributed by atoms with E-state index in [1.807, 2.05) is 126 Å². The molecule has 0 saturated heterocycles. The topological polar surface area (TPSA) is 19.4 Å². The van der Waals surface area contributed by atoms with Crippen molar-refractivity contribution in [2.75, 3.05) is 0 Å². The molecule has 0 aliphatic carbocycles. The maximum absolute atomic E-state index is 8.46. The zero-order chi connectivity index (χ0) is 71.4. The first kappa shape index (κ1) is 66.8. The molecular formula is C87H114N5+5. The molecule has 5 aromatic heterocycles. The number of nitrogens with zero attached hydrogens (tertiary/aromatic N) is 5. The Hall–Kier alpha value is -8.15. The van der Waals surface area contributed by atoms with Gasteiger partial charge in [0, 0.05) is 92.5 Å². The van der Waals surface area contributed by atoms with Gasteiger partial charge in [0.1, 0.15) is 35.2 Å². The standard InChI is InChI=1S/3C18H24N.C17H22N.C16H20N/c2*1-14-8-6-7-9-16(14)17-12-15(10-11-19(17)5)13-18(2,3)4;1-14-8-6-7-9-16(14)17-11-10-15(13-19(17)5)12-18(2,3)4;1-12(2)16-11-18(5)17(10-14(16)4)15-9-7-6-8-13(15)3;1-5-14-11-17(4)16(10-13(14)3)15-9-7-6-8-12(15)2/h2*6-12H,13H2,1-5H3;6-11,13H,12H2,1-5H3;6-12H,1-5H3;6-11H,5H2,1-4H3/q5*+1/i13D2;;12D2;;. The Morgan fingerprint density at radius 2 is 0.674 bits per heavy atom. The Balaban J connectivity index is 0.000000190. The van der Waals surface area contributed by atoms with Gasteiger partial charge in [-0.2, -0.15) is 0 Å². The molecular weight excluding hydrogens is 1110 g/mol. The van der Waals surface area contributed by atoms with Crippen molar-refractivity contribution in [2.45, 2.75) is 163 Å². The largest absolute Gasteiger partial charge is 0.212 e. The molecule has 0 fully saturated rings. The molecule has 5 heteroatoms. The summed E-state index contributed by atoms with van der Waals surface area (Å²) in [5.74, 6) is 0.571. The molecule has 0 amide bonds. The predicted octanol–water partition coefficient (Wildman–Crippen LogP) is 19.5. The summed E-state index contributed by atoms with van der Waals surface area (Å²) in [6.45, 7) is 40.2. The fraction of sp³-hybridized carbons (Fsp3) is 0.368. The van der Waals surface area contributed by atoms with Crippen molar-refractivity contribution in [1.29, 1.82) is 0 Å². The molecule has 0 unspecified atom stereocenters. The van der Waals surface area contributed by atoms with Crippen LogP contribution in [0.25, 0.3) is 56.3 Å². The molecule has 0 spiro atoms. The monoisotopic (exact) mass is 1230 g/mol. The maximum Gasteiger partial charge on any atom is 0.212 e. The van der Waals surface area contributed by atoms with Gasteiger partial charge in [-0.05, 0) is 183 Å². The summed E-state index contributed by atoms with van der Waals surface area (Å²) in [7, 11) is 10.3. The van der Waals surface area contributed by atoms with Crippen molar-refractivity contribution >= 4 is 0 Å². The second-order valence-electron chi connectivity index (χ2n) is 28.8. The maximum atomic E-state index is 8.46. The molecule has 5 heterocycles. The Labute approximate surface area is 563 Å². The van der Waals surface area contributed by atoms with Gasteiger partial charge in [0.15, 0.2) is 31.0 Å². The smallest absolute Gasteiger partial charge is 0.201 e. The van der Waals surface area contributed by atoms with Gasteiger partial charge < -0.3 is 0 Å². The third-order valence-electron chi connectivity index (χ3n) is 16.5. The molecule has 5 nitrogen and oxygen atoms in total. The minimum absolute atomic E-state index is 0.322. The van der Waals surface area contributed by atoms with Crippen molar-refractivity contribution in [3.63, 3.8) is 0 Å². The fourth-order valence-corrected chi connectivity index (χ4v) is 11.7. The molecule has 0 aliphatic heterocycles. The molecule has 92 heavy (non-hydrogen) atoms. The van der Waals surface area contributed by atoms with E-state index in [4.69, 9.17) is 5.48 Å². The van der Waals surface area contributed by atoms with E-state index in [9.17, 15) is 0 Å². The van der Waals surface area contributed by atoms with Crippen LogP contribution in [0.2, 0.25) is 0 Å². The van der Waals surface area contributed by atoms with Gasteiger partial charge in [0.25, 0.3) is 0 Å². The van der Waals surface area contributed by atoms with Gasteiger partial charge in [-0.3, -0.25) is 0 Å². The van der Waals surface area contributed by atoms with E-state index in [1.54, 1.807) is 0 Å². The minimum Gasteiger partial charge on any atom is -0.201 e. The normalized spacial score (nSPS) is 12.3. The van der Waals surface area contributed by atoms with E-state index < -0.39 is 23.6 Å². The van der Waals surface area contributed by atoms with Crippen LogP contribution in [0.1, 0.15) is 161 Å². The summed E-state index contributed by atoms with van der Waals surface area (Å²) in [5, 5.41) is 0. The molecule has 10 rings (SSSR count). The van der Waals surface area contributed by atoms with Crippen LogP contribution in [0.4, 0.5) is 0 Å². The fourth-order valence-electron chi connectivity index (χ4n) is 11.7. The number of benzene rings is 5. The number of hydrogen-bond donors (Lipinski definition) is 0. The third kappa shape index (κ3) is 21.2. The van der Waals surface area contributed by atoms with E-state index in [0.717, 1.165) is 40.9 Å². The second kappa shape index (κ2) is 32.4. The molecule has 0 bridgehead atoms. The molecule has 5 aromatic carbocycles.